The summed E-state index contributed by atoms with van der Waals surface area (Å²) in [6.45, 7) is 1.51. The summed E-state index contributed by atoms with van der Waals surface area (Å²) < 4.78 is 6.66. The highest BCUT2D eigenvalue weighted by atomic mass is 32.1. The summed E-state index contributed by atoms with van der Waals surface area (Å²) >= 11 is 1.48. The minimum Gasteiger partial charge on any atom is -0.479 e. The minimum atomic E-state index is -0.0192. The van der Waals surface area contributed by atoms with Crippen LogP contribution in [0, 0.1) is 0 Å². The molecule has 2 heterocycles. The Labute approximate surface area is 78.7 Å². The van der Waals surface area contributed by atoms with Crippen molar-refractivity contribution in [1.82, 2.24) is 9.61 Å². The number of fused-ring (bicyclic) bond motifs is 1. The third-order valence-electron chi connectivity index (χ3n) is 1.76. The van der Waals surface area contributed by atoms with E-state index in [1.807, 2.05) is 5.38 Å². The molecule has 2 aromatic rings. The molecule has 0 aliphatic rings. The van der Waals surface area contributed by atoms with E-state index in [1.54, 1.807) is 10.7 Å². The quantitative estimate of drug-likeness (QED) is 0.685. The van der Waals surface area contributed by atoms with Gasteiger partial charge in [0.1, 0.15) is 10.4 Å². The van der Waals surface area contributed by atoms with Gasteiger partial charge < -0.3 is 4.74 Å². The lowest BCUT2D eigenvalue weighted by Crippen LogP contribution is -1.94. The SMILES string of the molecule is COc1nn2ccsc2c1C(C)=O. The van der Waals surface area contributed by atoms with Crippen molar-refractivity contribution in [2.24, 2.45) is 0 Å². The lowest BCUT2D eigenvalue weighted by Gasteiger charge is -1.94. The Balaban J connectivity index is 2.77. The Bertz CT molecular complexity index is 458. The number of aromatic nitrogens is 2. The second kappa shape index (κ2) is 2.85. The van der Waals surface area contributed by atoms with E-state index in [9.17, 15) is 4.79 Å². The molecule has 2 rings (SSSR count). The number of thiazole rings is 1. The number of ether oxygens (including phenoxy) is 1. The summed E-state index contributed by atoms with van der Waals surface area (Å²) in [7, 11) is 1.51. The standard InChI is InChI=1S/C8H8N2O2S/c1-5(11)6-7(12-2)9-10-3-4-13-8(6)10/h3-4H,1-2H3. The second-order valence-electron chi connectivity index (χ2n) is 2.59. The molecular weight excluding hydrogens is 188 g/mol. The van der Waals surface area contributed by atoms with E-state index in [2.05, 4.69) is 5.10 Å². The zero-order chi connectivity index (χ0) is 9.42. The monoisotopic (exact) mass is 196 g/mol. The van der Waals surface area contributed by atoms with Crippen LogP contribution in [-0.2, 0) is 0 Å². The number of ketones is 1. The topological polar surface area (TPSA) is 43.6 Å². The van der Waals surface area contributed by atoms with Crippen LogP contribution in [0.3, 0.4) is 0 Å². The molecule has 0 spiro atoms. The van der Waals surface area contributed by atoms with Crippen LogP contribution in [0.5, 0.6) is 5.88 Å². The van der Waals surface area contributed by atoms with E-state index in [0.29, 0.717) is 11.4 Å². The van der Waals surface area contributed by atoms with E-state index in [1.165, 1.54) is 25.4 Å². The smallest absolute Gasteiger partial charge is 0.245 e. The van der Waals surface area contributed by atoms with Gasteiger partial charge in [0.15, 0.2) is 5.78 Å². The molecule has 0 aliphatic heterocycles. The molecule has 5 heteroatoms. The fourth-order valence-electron chi connectivity index (χ4n) is 1.21. The molecule has 2 aromatic heterocycles. The van der Waals surface area contributed by atoms with Crippen molar-refractivity contribution >= 4 is 22.0 Å². The van der Waals surface area contributed by atoms with Crippen LogP contribution in [0.15, 0.2) is 11.6 Å². The Morgan fingerprint density at radius 1 is 1.69 bits per heavy atom. The van der Waals surface area contributed by atoms with Gasteiger partial charge in [0.2, 0.25) is 5.88 Å². The highest BCUT2D eigenvalue weighted by Crippen LogP contribution is 2.26. The molecule has 0 fully saturated rings. The second-order valence-corrected chi connectivity index (χ2v) is 3.49. The van der Waals surface area contributed by atoms with Crippen molar-refractivity contribution < 1.29 is 9.53 Å². The zero-order valence-corrected chi connectivity index (χ0v) is 8.09. The van der Waals surface area contributed by atoms with E-state index in [0.717, 1.165) is 4.83 Å². The summed E-state index contributed by atoms with van der Waals surface area (Å²) in [6.07, 6.45) is 1.80. The van der Waals surface area contributed by atoms with E-state index < -0.39 is 0 Å². The maximum Gasteiger partial charge on any atom is 0.245 e. The van der Waals surface area contributed by atoms with Gasteiger partial charge in [-0.1, -0.05) is 0 Å². The van der Waals surface area contributed by atoms with Crippen molar-refractivity contribution in [3.8, 4) is 5.88 Å². The molecule has 0 amide bonds. The van der Waals surface area contributed by atoms with Crippen LogP contribution in [0.25, 0.3) is 4.83 Å². The molecule has 0 N–H and O–H groups in total. The summed E-state index contributed by atoms with van der Waals surface area (Å²) in [5.41, 5.74) is 0.567. The summed E-state index contributed by atoms with van der Waals surface area (Å²) in [4.78, 5) is 12.1. The Morgan fingerprint density at radius 2 is 2.46 bits per heavy atom. The number of hydrogen-bond acceptors (Lipinski definition) is 4. The van der Waals surface area contributed by atoms with E-state index in [4.69, 9.17) is 4.74 Å². The fraction of sp³-hybridized carbons (Fsp3) is 0.250. The summed E-state index contributed by atoms with van der Waals surface area (Å²) in [5, 5.41) is 5.98. The number of hydrogen-bond donors (Lipinski definition) is 0. The first-order valence-electron chi connectivity index (χ1n) is 3.75. The number of carbonyl (C=O) groups excluding carboxylic acids is 1. The Kier molecular flexibility index (Phi) is 1.81. The first kappa shape index (κ1) is 8.25. The van der Waals surface area contributed by atoms with Crippen LogP contribution in [0.1, 0.15) is 17.3 Å². The fourth-order valence-corrected chi connectivity index (χ4v) is 2.07. The maximum atomic E-state index is 11.3. The van der Waals surface area contributed by atoms with Crippen LogP contribution >= 0.6 is 11.3 Å². The van der Waals surface area contributed by atoms with E-state index >= 15 is 0 Å². The van der Waals surface area contributed by atoms with Crippen molar-refractivity contribution in [3.63, 3.8) is 0 Å². The molecule has 13 heavy (non-hydrogen) atoms. The highest BCUT2D eigenvalue weighted by molar-refractivity contribution is 7.16. The van der Waals surface area contributed by atoms with Gasteiger partial charge >= 0.3 is 0 Å². The van der Waals surface area contributed by atoms with Crippen LogP contribution < -0.4 is 4.74 Å². The predicted molar refractivity (Wildman–Crippen MR) is 49.6 cm³/mol. The Morgan fingerprint density at radius 3 is 3.08 bits per heavy atom. The third kappa shape index (κ3) is 1.12. The molecule has 0 aromatic carbocycles. The summed E-state index contributed by atoms with van der Waals surface area (Å²) in [5.74, 6) is 0.383. The van der Waals surface area contributed by atoms with Crippen LogP contribution in [0.4, 0.5) is 0 Å². The maximum absolute atomic E-state index is 11.3. The molecule has 0 bridgehead atoms. The zero-order valence-electron chi connectivity index (χ0n) is 7.27. The molecule has 0 saturated heterocycles. The molecule has 68 valence electrons. The lowest BCUT2D eigenvalue weighted by atomic mass is 10.2. The first-order chi connectivity index (χ1) is 6.24. The molecule has 0 saturated carbocycles. The largest absolute Gasteiger partial charge is 0.479 e. The number of rotatable bonds is 2. The van der Waals surface area contributed by atoms with Gasteiger partial charge in [0.05, 0.1) is 7.11 Å². The number of Topliss-reactive ketones (excluding diaryl/α,β-unsaturated/α-hetero) is 1. The van der Waals surface area contributed by atoms with Crippen LogP contribution in [-0.4, -0.2) is 22.5 Å². The Hall–Kier alpha value is -1.36. The normalized spacial score (nSPS) is 10.6. The van der Waals surface area contributed by atoms with Gasteiger partial charge in [-0.05, 0) is 6.92 Å². The lowest BCUT2D eigenvalue weighted by molar-refractivity contribution is 0.101. The number of methoxy groups -OCH3 is 1. The predicted octanol–water partition coefficient (Wildman–Crippen LogP) is 1.61. The van der Waals surface area contributed by atoms with Crippen molar-refractivity contribution in [3.05, 3.63) is 17.1 Å². The van der Waals surface area contributed by atoms with Gasteiger partial charge in [-0.25, -0.2) is 4.52 Å². The van der Waals surface area contributed by atoms with Gasteiger partial charge in [-0.2, -0.15) is 0 Å². The molecular formula is C8H8N2O2S. The van der Waals surface area contributed by atoms with Gasteiger partial charge in [0, 0.05) is 11.6 Å². The highest BCUT2D eigenvalue weighted by Gasteiger charge is 2.17. The molecule has 0 unspecified atom stereocenters. The third-order valence-corrected chi connectivity index (χ3v) is 2.63. The van der Waals surface area contributed by atoms with Crippen molar-refractivity contribution in [1.29, 1.82) is 0 Å². The number of nitrogens with zero attached hydrogens (tertiary/aromatic N) is 2. The minimum absolute atomic E-state index is 0.0192. The molecule has 0 atom stereocenters. The van der Waals surface area contributed by atoms with Crippen LogP contribution in [0.2, 0.25) is 0 Å². The molecule has 4 nitrogen and oxygen atoms in total. The summed E-state index contributed by atoms with van der Waals surface area (Å²) in [6, 6.07) is 0. The van der Waals surface area contributed by atoms with Gasteiger partial charge in [-0.15, -0.1) is 16.4 Å². The van der Waals surface area contributed by atoms with Gasteiger partial charge in [-0.3, -0.25) is 4.79 Å². The molecule has 0 radical (unpaired) electrons. The van der Waals surface area contributed by atoms with Crippen molar-refractivity contribution in [2.45, 2.75) is 6.92 Å². The average Bonchev–Trinajstić information content (AvgIpc) is 2.59. The average molecular weight is 196 g/mol. The first-order valence-corrected chi connectivity index (χ1v) is 4.62. The number of carbonyl (C=O) groups is 1. The van der Waals surface area contributed by atoms with E-state index in [-0.39, 0.29) is 5.78 Å². The van der Waals surface area contributed by atoms with Gasteiger partial charge in [0.25, 0.3) is 0 Å². The molecule has 0 aliphatic carbocycles. The van der Waals surface area contributed by atoms with Crippen molar-refractivity contribution in [2.75, 3.05) is 7.11 Å².